The number of nitrogens with one attached hydrogen (secondary N) is 1. The van der Waals surface area contributed by atoms with Gasteiger partial charge in [0.05, 0.1) is 12.6 Å². The summed E-state index contributed by atoms with van der Waals surface area (Å²) < 4.78 is 0. The Bertz CT molecular complexity index is 544. The molecule has 4 fully saturated rings. The van der Waals surface area contributed by atoms with E-state index in [1.54, 1.807) is 0 Å². The summed E-state index contributed by atoms with van der Waals surface area (Å²) in [6.07, 6.45) is 10.7. The molecule has 0 bridgehead atoms. The lowest BCUT2D eigenvalue weighted by Gasteiger charge is -2.60. The summed E-state index contributed by atoms with van der Waals surface area (Å²) in [5, 5.41) is 13.4. The Labute approximate surface area is 164 Å². The van der Waals surface area contributed by atoms with Crippen LogP contribution in [0.1, 0.15) is 71.6 Å². The molecule has 26 heavy (non-hydrogen) atoms. The number of aliphatic hydroxyl groups excluding tert-OH is 1. The molecule has 0 aliphatic heterocycles. The lowest BCUT2D eigenvalue weighted by atomic mass is 9.45. The van der Waals surface area contributed by atoms with E-state index in [9.17, 15) is 9.90 Å². The van der Waals surface area contributed by atoms with E-state index in [2.05, 4.69) is 19.2 Å². The summed E-state index contributed by atoms with van der Waals surface area (Å²) in [7, 11) is 0. The molecule has 3 unspecified atom stereocenters. The zero-order valence-electron chi connectivity index (χ0n) is 16.4. The second-order valence-electron chi connectivity index (χ2n) is 10.0. The van der Waals surface area contributed by atoms with Gasteiger partial charge >= 0.3 is 0 Å². The Morgan fingerprint density at radius 2 is 1.73 bits per heavy atom. The van der Waals surface area contributed by atoms with E-state index < -0.39 is 0 Å². The predicted octanol–water partition coefficient (Wildman–Crippen LogP) is 3.26. The maximum Gasteiger partial charge on any atom is 0.233 e. The normalized spacial score (nSPS) is 50.0. The molecule has 0 heterocycles. The molecule has 150 valence electrons. The SMILES string of the molecule is C[C@]12CCC3C(CC[C@H]4C[C@@H](O)CC[C@]34C)C1CC[C@@H]2NC(=O)CN.Cl. The van der Waals surface area contributed by atoms with Crippen molar-refractivity contribution in [2.24, 2.45) is 40.2 Å². The Morgan fingerprint density at radius 3 is 2.46 bits per heavy atom. The third-order valence-electron chi connectivity index (χ3n) is 9.16. The van der Waals surface area contributed by atoms with Crippen LogP contribution in [0, 0.1) is 34.5 Å². The Kier molecular flexibility index (Phi) is 5.70. The van der Waals surface area contributed by atoms with Crippen molar-refractivity contribution in [3.05, 3.63) is 0 Å². The Hall–Kier alpha value is -0.320. The molecule has 0 aromatic heterocycles. The zero-order valence-corrected chi connectivity index (χ0v) is 17.2. The van der Waals surface area contributed by atoms with Gasteiger partial charge in [0.25, 0.3) is 0 Å². The Balaban J connectivity index is 0.00000196. The number of rotatable bonds is 2. The maximum atomic E-state index is 11.9. The first kappa shape index (κ1) is 20.4. The van der Waals surface area contributed by atoms with Crippen LogP contribution >= 0.6 is 12.4 Å². The summed E-state index contributed by atoms with van der Waals surface area (Å²) in [6.45, 7) is 5.07. The number of aliphatic hydroxyl groups is 1. The number of amides is 1. The van der Waals surface area contributed by atoms with Crippen molar-refractivity contribution >= 4 is 18.3 Å². The molecule has 4 N–H and O–H groups in total. The molecule has 0 aromatic carbocycles. The maximum absolute atomic E-state index is 11.9. The fourth-order valence-corrected chi connectivity index (χ4v) is 7.73. The van der Waals surface area contributed by atoms with Gasteiger partial charge in [0.1, 0.15) is 0 Å². The highest BCUT2D eigenvalue weighted by molar-refractivity contribution is 5.85. The lowest BCUT2D eigenvalue weighted by molar-refractivity contribution is -0.129. The lowest BCUT2D eigenvalue weighted by Crippen LogP contribution is -2.56. The van der Waals surface area contributed by atoms with E-state index in [-0.39, 0.29) is 36.4 Å². The van der Waals surface area contributed by atoms with Crippen LogP contribution in [0.4, 0.5) is 0 Å². The summed E-state index contributed by atoms with van der Waals surface area (Å²) in [5.41, 5.74) is 6.22. The molecule has 4 aliphatic carbocycles. The summed E-state index contributed by atoms with van der Waals surface area (Å²) in [6, 6.07) is 0.313. The van der Waals surface area contributed by atoms with Crippen LogP contribution in [0.25, 0.3) is 0 Å². The van der Waals surface area contributed by atoms with E-state index in [0.717, 1.165) is 42.9 Å². The molecule has 4 nitrogen and oxygen atoms in total. The fourth-order valence-electron chi connectivity index (χ4n) is 7.73. The summed E-state index contributed by atoms with van der Waals surface area (Å²) in [4.78, 5) is 11.9. The van der Waals surface area contributed by atoms with Gasteiger partial charge in [-0.1, -0.05) is 13.8 Å². The highest BCUT2D eigenvalue weighted by Crippen LogP contribution is 2.66. The van der Waals surface area contributed by atoms with Gasteiger partial charge in [-0.25, -0.2) is 0 Å². The van der Waals surface area contributed by atoms with Crippen LogP contribution in [0.2, 0.25) is 0 Å². The van der Waals surface area contributed by atoms with Crippen molar-refractivity contribution in [3.63, 3.8) is 0 Å². The van der Waals surface area contributed by atoms with Gasteiger partial charge < -0.3 is 16.2 Å². The molecule has 4 aliphatic rings. The van der Waals surface area contributed by atoms with Crippen LogP contribution < -0.4 is 11.1 Å². The average Bonchev–Trinajstić information content (AvgIpc) is 2.92. The number of carbonyl (C=O) groups excluding carboxylic acids is 1. The monoisotopic (exact) mass is 384 g/mol. The number of carbonyl (C=O) groups is 1. The van der Waals surface area contributed by atoms with Gasteiger partial charge in [0.15, 0.2) is 0 Å². The first-order valence-electron chi connectivity index (χ1n) is 10.6. The van der Waals surface area contributed by atoms with Crippen molar-refractivity contribution in [2.75, 3.05) is 6.54 Å². The van der Waals surface area contributed by atoms with Crippen molar-refractivity contribution in [1.29, 1.82) is 0 Å². The van der Waals surface area contributed by atoms with Crippen LogP contribution in [0.15, 0.2) is 0 Å². The van der Waals surface area contributed by atoms with Gasteiger partial charge in [0.2, 0.25) is 5.91 Å². The van der Waals surface area contributed by atoms with E-state index in [0.29, 0.717) is 11.5 Å². The van der Waals surface area contributed by atoms with Crippen molar-refractivity contribution < 1.29 is 9.90 Å². The molecule has 1 amide bonds. The minimum absolute atomic E-state index is 0. The molecule has 0 spiro atoms. The molecule has 4 rings (SSSR count). The standard InChI is InChI=1S/C21H36N2O2.ClH/c1-20-9-7-14(24)11-13(20)3-4-15-16-5-6-18(23-19(25)12-22)21(16,2)10-8-17(15)20;/h13-18,24H,3-12,22H2,1-2H3,(H,23,25);1H/t13-,14-,15?,16?,17?,18-,20-,21-;/m0./s1. The molecular weight excluding hydrogens is 348 g/mol. The second kappa shape index (κ2) is 7.25. The zero-order chi connectivity index (χ0) is 17.8. The fraction of sp³-hybridized carbons (Fsp3) is 0.952. The molecule has 8 atom stereocenters. The number of fused-ring (bicyclic) bond motifs is 5. The predicted molar refractivity (Wildman–Crippen MR) is 106 cm³/mol. The first-order chi connectivity index (χ1) is 11.9. The number of nitrogens with two attached hydrogens (primary N) is 1. The van der Waals surface area contributed by atoms with Crippen LogP contribution in [-0.2, 0) is 4.79 Å². The van der Waals surface area contributed by atoms with Gasteiger partial charge in [-0.3, -0.25) is 4.79 Å². The molecule has 5 heteroatoms. The first-order valence-corrected chi connectivity index (χ1v) is 10.6. The van der Waals surface area contributed by atoms with Crippen LogP contribution in [-0.4, -0.2) is 29.7 Å². The molecule has 0 aromatic rings. The van der Waals surface area contributed by atoms with Crippen molar-refractivity contribution in [1.82, 2.24) is 5.32 Å². The van der Waals surface area contributed by atoms with E-state index in [1.165, 1.54) is 38.5 Å². The van der Waals surface area contributed by atoms with Gasteiger partial charge in [-0.15, -0.1) is 12.4 Å². The molecule has 4 saturated carbocycles. The summed E-state index contributed by atoms with van der Waals surface area (Å²) in [5.74, 6) is 3.11. The molecule has 0 saturated heterocycles. The van der Waals surface area contributed by atoms with Crippen LogP contribution in [0.5, 0.6) is 0 Å². The second-order valence-corrected chi connectivity index (χ2v) is 10.0. The average molecular weight is 385 g/mol. The Morgan fingerprint density at radius 1 is 1.04 bits per heavy atom. The minimum Gasteiger partial charge on any atom is -0.393 e. The molecular formula is C21H37ClN2O2. The highest BCUT2D eigenvalue weighted by Gasteiger charge is 2.60. The van der Waals surface area contributed by atoms with Gasteiger partial charge in [-0.2, -0.15) is 0 Å². The van der Waals surface area contributed by atoms with Crippen LogP contribution in [0.3, 0.4) is 0 Å². The van der Waals surface area contributed by atoms with Crippen molar-refractivity contribution in [3.8, 4) is 0 Å². The topological polar surface area (TPSA) is 75.3 Å². The smallest absolute Gasteiger partial charge is 0.233 e. The number of halogens is 1. The van der Waals surface area contributed by atoms with E-state index in [4.69, 9.17) is 5.73 Å². The van der Waals surface area contributed by atoms with Gasteiger partial charge in [-0.05, 0) is 92.3 Å². The quantitative estimate of drug-likeness (QED) is 0.684. The highest BCUT2D eigenvalue weighted by atomic mass is 35.5. The molecule has 0 radical (unpaired) electrons. The largest absolute Gasteiger partial charge is 0.393 e. The van der Waals surface area contributed by atoms with E-state index >= 15 is 0 Å². The third kappa shape index (κ3) is 3.00. The van der Waals surface area contributed by atoms with Gasteiger partial charge in [0, 0.05) is 6.04 Å². The summed E-state index contributed by atoms with van der Waals surface area (Å²) >= 11 is 0. The van der Waals surface area contributed by atoms with Crippen molar-refractivity contribution in [2.45, 2.75) is 83.8 Å². The number of hydrogen-bond acceptors (Lipinski definition) is 3. The number of hydrogen-bond donors (Lipinski definition) is 3. The minimum atomic E-state index is -0.0641. The van der Waals surface area contributed by atoms with E-state index in [1.807, 2.05) is 0 Å². The third-order valence-corrected chi connectivity index (χ3v) is 9.16.